The molecule has 1 aliphatic carbocycles. The summed E-state index contributed by atoms with van der Waals surface area (Å²) in [6, 6.07) is 4.91. The Bertz CT molecular complexity index is 645. The zero-order chi connectivity index (χ0) is 13.4. The molecule has 0 amide bonds. The second-order valence-corrected chi connectivity index (χ2v) is 4.89. The Morgan fingerprint density at radius 3 is 2.84 bits per heavy atom. The van der Waals surface area contributed by atoms with E-state index in [0.717, 1.165) is 36.1 Å². The summed E-state index contributed by atoms with van der Waals surface area (Å²) in [7, 11) is 0. The first-order chi connectivity index (χ1) is 9.19. The molecular formula is C13H13ClN4O. The Morgan fingerprint density at radius 1 is 1.26 bits per heavy atom. The number of nitrogen functional groups attached to an aromatic ring is 1. The number of benzene rings is 1. The van der Waals surface area contributed by atoms with Gasteiger partial charge in [0.15, 0.2) is 5.82 Å². The molecule has 5 nitrogen and oxygen atoms in total. The molecule has 0 radical (unpaired) electrons. The van der Waals surface area contributed by atoms with Crippen molar-refractivity contribution in [1.82, 2.24) is 9.97 Å². The number of fused-ring (bicyclic) bond motifs is 1. The summed E-state index contributed by atoms with van der Waals surface area (Å²) in [5, 5.41) is 9.72. The van der Waals surface area contributed by atoms with Gasteiger partial charge in [-0.2, -0.15) is 0 Å². The van der Waals surface area contributed by atoms with Crippen molar-refractivity contribution in [2.45, 2.75) is 19.3 Å². The van der Waals surface area contributed by atoms with Gasteiger partial charge >= 0.3 is 0 Å². The van der Waals surface area contributed by atoms with Crippen LogP contribution in [0.2, 0.25) is 5.02 Å². The first-order valence-corrected chi connectivity index (χ1v) is 6.42. The van der Waals surface area contributed by atoms with E-state index in [-0.39, 0.29) is 10.8 Å². The molecule has 0 aliphatic heterocycles. The van der Waals surface area contributed by atoms with E-state index in [4.69, 9.17) is 17.4 Å². The highest BCUT2D eigenvalue weighted by Gasteiger charge is 2.19. The van der Waals surface area contributed by atoms with Gasteiger partial charge in [-0.15, -0.1) is 0 Å². The lowest BCUT2D eigenvalue weighted by Gasteiger charge is -2.09. The van der Waals surface area contributed by atoms with Crippen LogP contribution in [-0.4, -0.2) is 15.1 Å². The van der Waals surface area contributed by atoms with E-state index in [9.17, 15) is 5.11 Å². The van der Waals surface area contributed by atoms with Crippen molar-refractivity contribution in [2.24, 2.45) is 5.84 Å². The van der Waals surface area contributed by atoms with Gasteiger partial charge in [0.25, 0.3) is 0 Å². The molecule has 19 heavy (non-hydrogen) atoms. The van der Waals surface area contributed by atoms with Gasteiger partial charge in [0, 0.05) is 16.8 Å². The van der Waals surface area contributed by atoms with Gasteiger partial charge in [0.05, 0.1) is 5.02 Å². The average Bonchev–Trinajstić information content (AvgIpc) is 2.89. The van der Waals surface area contributed by atoms with Gasteiger partial charge in [-0.05, 0) is 37.5 Å². The van der Waals surface area contributed by atoms with Crippen LogP contribution in [0, 0.1) is 0 Å². The van der Waals surface area contributed by atoms with Crippen LogP contribution in [0.3, 0.4) is 0 Å². The number of nitrogens with zero attached hydrogens (tertiary/aromatic N) is 2. The molecule has 0 saturated heterocycles. The Kier molecular flexibility index (Phi) is 3.00. The predicted octanol–water partition coefficient (Wildman–Crippen LogP) is 2.28. The molecule has 98 valence electrons. The van der Waals surface area contributed by atoms with Crippen molar-refractivity contribution in [1.29, 1.82) is 0 Å². The summed E-state index contributed by atoms with van der Waals surface area (Å²) in [6.07, 6.45) is 2.95. The van der Waals surface area contributed by atoms with Crippen LogP contribution in [0.15, 0.2) is 18.2 Å². The minimum Gasteiger partial charge on any atom is -0.506 e. The van der Waals surface area contributed by atoms with Crippen LogP contribution in [0.5, 0.6) is 5.75 Å². The first-order valence-electron chi connectivity index (χ1n) is 6.04. The summed E-state index contributed by atoms with van der Waals surface area (Å²) >= 11 is 5.91. The average molecular weight is 277 g/mol. The Labute approximate surface area is 115 Å². The molecule has 0 spiro atoms. The van der Waals surface area contributed by atoms with E-state index >= 15 is 0 Å². The van der Waals surface area contributed by atoms with Crippen molar-refractivity contribution in [3.05, 3.63) is 34.5 Å². The number of nitrogens with one attached hydrogen (secondary N) is 1. The van der Waals surface area contributed by atoms with E-state index in [1.54, 1.807) is 12.1 Å². The maximum atomic E-state index is 9.44. The van der Waals surface area contributed by atoms with Crippen LogP contribution < -0.4 is 11.3 Å². The lowest BCUT2D eigenvalue weighted by molar-refractivity contribution is 0.475. The van der Waals surface area contributed by atoms with E-state index in [2.05, 4.69) is 15.4 Å². The molecule has 0 saturated carbocycles. The summed E-state index contributed by atoms with van der Waals surface area (Å²) in [5.41, 5.74) is 5.51. The van der Waals surface area contributed by atoms with Gasteiger partial charge in [-0.3, -0.25) is 0 Å². The van der Waals surface area contributed by atoms with Gasteiger partial charge in [-0.25, -0.2) is 15.8 Å². The molecular weight excluding hydrogens is 264 g/mol. The van der Waals surface area contributed by atoms with Gasteiger partial charge < -0.3 is 10.5 Å². The number of hydrogen-bond donors (Lipinski definition) is 3. The summed E-state index contributed by atoms with van der Waals surface area (Å²) in [6.45, 7) is 0. The standard InChI is InChI=1S/C13H13ClN4O/c14-9-6-7(4-5-11(9)19)12-16-10-3-1-2-8(10)13(17-12)18-15/h4-6,19H,1-3,15H2,(H,16,17,18). The minimum absolute atomic E-state index is 0.0451. The molecule has 6 heteroatoms. The van der Waals surface area contributed by atoms with Crippen LogP contribution in [0.25, 0.3) is 11.4 Å². The fourth-order valence-electron chi connectivity index (χ4n) is 2.33. The number of aromatic nitrogens is 2. The van der Waals surface area contributed by atoms with E-state index in [0.29, 0.717) is 11.6 Å². The molecule has 0 fully saturated rings. The second-order valence-electron chi connectivity index (χ2n) is 4.49. The summed E-state index contributed by atoms with van der Waals surface area (Å²) in [4.78, 5) is 8.97. The highest BCUT2D eigenvalue weighted by molar-refractivity contribution is 6.32. The van der Waals surface area contributed by atoms with Gasteiger partial charge in [0.2, 0.25) is 0 Å². The molecule has 0 atom stereocenters. The number of phenols is 1. The predicted molar refractivity (Wildman–Crippen MR) is 74.0 cm³/mol. The Morgan fingerprint density at radius 2 is 2.11 bits per heavy atom. The topological polar surface area (TPSA) is 84.1 Å². The van der Waals surface area contributed by atoms with E-state index in [1.807, 2.05) is 0 Å². The first kappa shape index (κ1) is 12.2. The smallest absolute Gasteiger partial charge is 0.161 e. The molecule has 3 rings (SSSR count). The molecule has 0 bridgehead atoms. The van der Waals surface area contributed by atoms with Crippen LogP contribution in [0.1, 0.15) is 17.7 Å². The molecule has 1 aromatic heterocycles. The second kappa shape index (κ2) is 4.68. The summed E-state index contributed by atoms with van der Waals surface area (Å²) < 4.78 is 0. The zero-order valence-corrected chi connectivity index (χ0v) is 10.9. The maximum Gasteiger partial charge on any atom is 0.161 e. The third kappa shape index (κ3) is 2.11. The zero-order valence-electron chi connectivity index (χ0n) is 10.2. The molecule has 1 aromatic carbocycles. The maximum absolute atomic E-state index is 9.44. The number of halogens is 1. The highest BCUT2D eigenvalue weighted by atomic mass is 35.5. The van der Waals surface area contributed by atoms with Crippen LogP contribution in [0.4, 0.5) is 5.82 Å². The lowest BCUT2D eigenvalue weighted by atomic mass is 10.1. The third-order valence-electron chi connectivity index (χ3n) is 3.28. The molecule has 0 unspecified atom stereocenters. The van der Waals surface area contributed by atoms with Crippen molar-refractivity contribution >= 4 is 17.4 Å². The molecule has 2 aromatic rings. The van der Waals surface area contributed by atoms with Crippen molar-refractivity contribution < 1.29 is 5.11 Å². The number of hydrazine groups is 1. The number of anilines is 1. The third-order valence-corrected chi connectivity index (χ3v) is 3.58. The largest absolute Gasteiger partial charge is 0.506 e. The number of aryl methyl sites for hydroxylation is 1. The van der Waals surface area contributed by atoms with Crippen LogP contribution >= 0.6 is 11.6 Å². The summed E-state index contributed by atoms with van der Waals surface area (Å²) in [5.74, 6) is 6.80. The lowest BCUT2D eigenvalue weighted by Crippen LogP contribution is -2.12. The number of hydrogen-bond acceptors (Lipinski definition) is 5. The fraction of sp³-hybridized carbons (Fsp3) is 0.231. The monoisotopic (exact) mass is 276 g/mol. The van der Waals surface area contributed by atoms with Gasteiger partial charge in [0.1, 0.15) is 11.6 Å². The van der Waals surface area contributed by atoms with Crippen molar-refractivity contribution in [3.8, 4) is 17.1 Å². The highest BCUT2D eigenvalue weighted by Crippen LogP contribution is 2.31. The SMILES string of the molecule is NNc1nc(-c2ccc(O)c(Cl)c2)nc2c1CCC2. The molecule has 1 heterocycles. The number of phenolic OH excluding ortho intramolecular Hbond substituents is 1. The quantitative estimate of drug-likeness (QED) is 0.579. The number of rotatable bonds is 2. The Balaban J connectivity index is 2.12. The molecule has 4 N–H and O–H groups in total. The van der Waals surface area contributed by atoms with Crippen molar-refractivity contribution in [2.75, 3.05) is 5.43 Å². The normalized spacial score (nSPS) is 13.4. The van der Waals surface area contributed by atoms with E-state index in [1.165, 1.54) is 6.07 Å². The number of nitrogens with two attached hydrogens (primary N) is 1. The number of aromatic hydroxyl groups is 1. The van der Waals surface area contributed by atoms with Crippen molar-refractivity contribution in [3.63, 3.8) is 0 Å². The fourth-order valence-corrected chi connectivity index (χ4v) is 2.51. The molecule has 1 aliphatic rings. The van der Waals surface area contributed by atoms with Gasteiger partial charge in [-0.1, -0.05) is 11.6 Å². The minimum atomic E-state index is 0.0451. The Hall–Kier alpha value is -1.85. The van der Waals surface area contributed by atoms with Crippen LogP contribution in [-0.2, 0) is 12.8 Å². The van der Waals surface area contributed by atoms with E-state index < -0.39 is 0 Å².